The number of carbonyl (C=O) groups is 1. The molecule has 0 saturated heterocycles. The van der Waals surface area contributed by atoms with Crippen molar-refractivity contribution in [2.24, 2.45) is 0 Å². The van der Waals surface area contributed by atoms with E-state index in [0.717, 1.165) is 11.8 Å². The molecule has 0 saturated carbocycles. The molecule has 0 radical (unpaired) electrons. The van der Waals surface area contributed by atoms with Crippen LogP contribution in [-0.4, -0.2) is 40.1 Å². The van der Waals surface area contributed by atoms with Crippen LogP contribution in [0, 0.1) is 5.82 Å². The van der Waals surface area contributed by atoms with Crippen LogP contribution in [0.15, 0.2) is 36.8 Å². The summed E-state index contributed by atoms with van der Waals surface area (Å²) in [5.41, 5.74) is 1.15. The molecule has 148 valence electrons. The van der Waals surface area contributed by atoms with E-state index in [-0.39, 0.29) is 23.4 Å². The van der Waals surface area contributed by atoms with Crippen molar-refractivity contribution in [1.29, 1.82) is 0 Å². The van der Waals surface area contributed by atoms with Gasteiger partial charge in [0.1, 0.15) is 0 Å². The normalized spacial score (nSPS) is 15.4. The highest BCUT2D eigenvalue weighted by Gasteiger charge is 2.40. The average Bonchev–Trinajstić information content (AvgIpc) is 3.04. The molecule has 0 fully saturated rings. The van der Waals surface area contributed by atoms with Gasteiger partial charge >= 0.3 is 0 Å². The molecule has 1 unspecified atom stereocenters. The molecule has 1 atom stereocenters. The minimum atomic E-state index is -0.705. The van der Waals surface area contributed by atoms with Gasteiger partial charge < -0.3 is 9.47 Å². The van der Waals surface area contributed by atoms with Crippen LogP contribution in [0.25, 0.3) is 11.6 Å². The first-order valence-electron chi connectivity index (χ1n) is 8.98. The van der Waals surface area contributed by atoms with Gasteiger partial charge in [-0.05, 0) is 30.2 Å². The molecule has 2 aromatic heterocycles. The Labute approximate surface area is 166 Å². The largest absolute Gasteiger partial charge is 0.493 e. The maximum atomic E-state index is 14.7. The van der Waals surface area contributed by atoms with Gasteiger partial charge in [0, 0.05) is 18.0 Å². The second-order valence-electron chi connectivity index (χ2n) is 6.33. The summed E-state index contributed by atoms with van der Waals surface area (Å²) in [5, 5.41) is 0. The SMILES string of the molecule is CCC1c2cc(OC)c(OC)cc2C(=O)N1c1nc(-c2ncccn2)ncc1F. The van der Waals surface area contributed by atoms with E-state index < -0.39 is 11.9 Å². The molecular formula is C20H18FN5O3. The van der Waals surface area contributed by atoms with E-state index in [9.17, 15) is 9.18 Å². The zero-order valence-electron chi connectivity index (χ0n) is 16.1. The number of methoxy groups -OCH3 is 2. The second kappa shape index (κ2) is 7.42. The zero-order valence-corrected chi connectivity index (χ0v) is 16.1. The smallest absolute Gasteiger partial charge is 0.260 e. The number of hydrogen-bond donors (Lipinski definition) is 0. The summed E-state index contributed by atoms with van der Waals surface area (Å²) in [6.07, 6.45) is 4.66. The number of amides is 1. The van der Waals surface area contributed by atoms with E-state index in [1.807, 2.05) is 6.92 Å². The lowest BCUT2D eigenvalue weighted by Crippen LogP contribution is -2.29. The number of anilines is 1. The predicted molar refractivity (Wildman–Crippen MR) is 102 cm³/mol. The van der Waals surface area contributed by atoms with E-state index >= 15 is 0 Å². The second-order valence-corrected chi connectivity index (χ2v) is 6.33. The van der Waals surface area contributed by atoms with Crippen LogP contribution in [0.2, 0.25) is 0 Å². The zero-order chi connectivity index (χ0) is 20.5. The first-order valence-corrected chi connectivity index (χ1v) is 8.98. The quantitative estimate of drug-likeness (QED) is 0.655. The van der Waals surface area contributed by atoms with Gasteiger partial charge in [-0.1, -0.05) is 6.92 Å². The molecule has 3 heterocycles. The van der Waals surface area contributed by atoms with Gasteiger partial charge in [0.2, 0.25) is 0 Å². The number of carbonyl (C=O) groups excluding carboxylic acids is 1. The molecule has 3 aromatic rings. The highest BCUT2D eigenvalue weighted by molar-refractivity contribution is 6.11. The van der Waals surface area contributed by atoms with E-state index in [1.165, 1.54) is 19.1 Å². The summed E-state index contributed by atoms with van der Waals surface area (Å²) in [6, 6.07) is 4.61. The highest BCUT2D eigenvalue weighted by Crippen LogP contribution is 2.44. The van der Waals surface area contributed by atoms with Crippen molar-refractivity contribution in [3.05, 3.63) is 53.7 Å². The molecule has 0 N–H and O–H groups in total. The van der Waals surface area contributed by atoms with E-state index in [4.69, 9.17) is 9.47 Å². The average molecular weight is 395 g/mol. The third-order valence-electron chi connectivity index (χ3n) is 4.78. The molecule has 29 heavy (non-hydrogen) atoms. The number of benzene rings is 1. The highest BCUT2D eigenvalue weighted by atomic mass is 19.1. The van der Waals surface area contributed by atoms with Gasteiger partial charge in [-0.15, -0.1) is 0 Å². The Morgan fingerprint density at radius 1 is 1.07 bits per heavy atom. The van der Waals surface area contributed by atoms with Crippen LogP contribution >= 0.6 is 0 Å². The summed E-state index contributed by atoms with van der Waals surface area (Å²) < 4.78 is 25.4. The van der Waals surface area contributed by atoms with Crippen LogP contribution in [0.1, 0.15) is 35.3 Å². The summed E-state index contributed by atoms with van der Waals surface area (Å²) in [7, 11) is 3.02. The Balaban J connectivity index is 1.84. The van der Waals surface area contributed by atoms with E-state index in [2.05, 4.69) is 19.9 Å². The number of halogens is 1. The number of fused-ring (bicyclic) bond motifs is 1. The minimum Gasteiger partial charge on any atom is -0.493 e. The van der Waals surface area contributed by atoms with Crippen molar-refractivity contribution >= 4 is 11.7 Å². The Hall–Kier alpha value is -3.62. The van der Waals surface area contributed by atoms with Crippen LogP contribution in [0.5, 0.6) is 11.5 Å². The molecule has 1 aliphatic heterocycles. The number of aromatic nitrogens is 4. The Kier molecular flexibility index (Phi) is 4.79. The molecule has 4 rings (SSSR count). The lowest BCUT2D eigenvalue weighted by molar-refractivity contribution is 0.0988. The molecule has 0 spiro atoms. The fourth-order valence-electron chi connectivity index (χ4n) is 3.46. The van der Waals surface area contributed by atoms with Crippen molar-refractivity contribution in [1.82, 2.24) is 19.9 Å². The molecule has 9 heteroatoms. The molecule has 1 amide bonds. The van der Waals surface area contributed by atoms with Gasteiger partial charge in [0.25, 0.3) is 5.91 Å². The third-order valence-corrected chi connectivity index (χ3v) is 4.78. The fraction of sp³-hybridized carbons (Fsp3) is 0.250. The Morgan fingerprint density at radius 3 is 2.41 bits per heavy atom. The number of ether oxygens (including phenoxy) is 2. The first kappa shape index (κ1) is 18.7. The van der Waals surface area contributed by atoms with Crippen LogP contribution in [0.4, 0.5) is 10.2 Å². The minimum absolute atomic E-state index is 0.117. The van der Waals surface area contributed by atoms with Gasteiger partial charge in [-0.25, -0.2) is 24.3 Å². The fourth-order valence-corrected chi connectivity index (χ4v) is 3.46. The topological polar surface area (TPSA) is 90.3 Å². The molecule has 1 aliphatic rings. The van der Waals surface area contributed by atoms with Crippen LogP contribution in [0.3, 0.4) is 0 Å². The summed E-state index contributed by atoms with van der Waals surface area (Å²) in [6.45, 7) is 1.91. The maximum Gasteiger partial charge on any atom is 0.260 e. The summed E-state index contributed by atoms with van der Waals surface area (Å²) in [4.78, 5) is 31.0. The van der Waals surface area contributed by atoms with Crippen molar-refractivity contribution in [2.75, 3.05) is 19.1 Å². The van der Waals surface area contributed by atoms with Crippen molar-refractivity contribution in [3.63, 3.8) is 0 Å². The molecule has 8 nitrogen and oxygen atoms in total. The maximum absolute atomic E-state index is 14.7. The molecule has 1 aromatic carbocycles. The van der Waals surface area contributed by atoms with Crippen molar-refractivity contribution < 1.29 is 18.7 Å². The van der Waals surface area contributed by atoms with E-state index in [0.29, 0.717) is 23.5 Å². The summed E-state index contributed by atoms with van der Waals surface area (Å²) in [5.74, 6) is 0.116. The van der Waals surface area contributed by atoms with E-state index in [1.54, 1.807) is 30.6 Å². The van der Waals surface area contributed by atoms with Crippen LogP contribution < -0.4 is 14.4 Å². The standard InChI is InChI=1S/C20H18FN5O3/c1-4-14-11-8-15(28-2)16(29-3)9-12(11)20(27)26(14)19-13(21)10-24-18(25-19)17-22-6-5-7-23-17/h5-10,14H,4H2,1-3H3. The monoisotopic (exact) mass is 395 g/mol. The van der Waals surface area contributed by atoms with Gasteiger partial charge in [0.15, 0.2) is 34.8 Å². The molecule has 0 bridgehead atoms. The predicted octanol–water partition coefficient (Wildman–Crippen LogP) is 3.20. The Bertz CT molecular complexity index is 1080. The molecular weight excluding hydrogens is 377 g/mol. The lowest BCUT2D eigenvalue weighted by Gasteiger charge is -2.24. The molecule has 0 aliphatic carbocycles. The van der Waals surface area contributed by atoms with Gasteiger partial charge in [-0.3, -0.25) is 9.69 Å². The van der Waals surface area contributed by atoms with Crippen molar-refractivity contribution in [3.8, 4) is 23.1 Å². The summed E-state index contributed by atoms with van der Waals surface area (Å²) >= 11 is 0. The number of hydrogen-bond acceptors (Lipinski definition) is 7. The first-order chi connectivity index (χ1) is 14.1. The van der Waals surface area contributed by atoms with Gasteiger partial charge in [0.05, 0.1) is 26.5 Å². The lowest BCUT2D eigenvalue weighted by atomic mass is 10.0. The van der Waals surface area contributed by atoms with Crippen LogP contribution in [-0.2, 0) is 0 Å². The van der Waals surface area contributed by atoms with Gasteiger partial charge in [-0.2, -0.15) is 0 Å². The number of rotatable bonds is 5. The van der Waals surface area contributed by atoms with Crippen molar-refractivity contribution in [2.45, 2.75) is 19.4 Å². The Morgan fingerprint density at radius 2 is 1.76 bits per heavy atom. The third kappa shape index (κ3) is 3.04. The number of nitrogens with zero attached hydrogens (tertiary/aromatic N) is 5.